The number of aromatic nitrogens is 2. The van der Waals surface area contributed by atoms with Crippen molar-refractivity contribution >= 4 is 28.5 Å². The van der Waals surface area contributed by atoms with Gasteiger partial charge < -0.3 is 15.4 Å². The van der Waals surface area contributed by atoms with Gasteiger partial charge in [0.1, 0.15) is 18.0 Å². The summed E-state index contributed by atoms with van der Waals surface area (Å²) in [5.74, 6) is 0.332. The lowest BCUT2D eigenvalue weighted by Crippen LogP contribution is -2.37. The standard InChI is InChI=1S/C27H32N4O4/c1-2-35-21-14-12-20(13-15-21)29-26(33)18-31-24-11-7-6-10-22(24)30-23(27(31)34)16-17-25(32)28-19-8-4-3-5-9-19/h6-7,10-15,19H,2-5,8-9,16-18H2,1H3,(H,28,32)(H,29,33). The van der Waals surface area contributed by atoms with Gasteiger partial charge in [-0.05, 0) is 56.2 Å². The zero-order chi connectivity index (χ0) is 24.6. The number of rotatable bonds is 9. The Morgan fingerprint density at radius 3 is 2.51 bits per heavy atom. The van der Waals surface area contributed by atoms with Gasteiger partial charge in [-0.3, -0.25) is 19.0 Å². The predicted molar refractivity (Wildman–Crippen MR) is 136 cm³/mol. The van der Waals surface area contributed by atoms with Crippen molar-refractivity contribution in [1.82, 2.24) is 14.9 Å². The Kier molecular flexibility index (Phi) is 8.13. The fraction of sp³-hybridized carbons (Fsp3) is 0.407. The molecule has 0 aliphatic heterocycles. The third kappa shape index (κ3) is 6.47. The van der Waals surface area contributed by atoms with Crippen LogP contribution in [0.2, 0.25) is 0 Å². The number of nitrogens with one attached hydrogen (secondary N) is 2. The molecule has 3 aromatic rings. The topological polar surface area (TPSA) is 102 Å². The maximum Gasteiger partial charge on any atom is 0.273 e. The van der Waals surface area contributed by atoms with Crippen LogP contribution < -0.4 is 20.9 Å². The van der Waals surface area contributed by atoms with Gasteiger partial charge in [0, 0.05) is 24.6 Å². The number of carbonyl (C=O) groups is 2. The zero-order valence-corrected chi connectivity index (χ0v) is 20.1. The van der Waals surface area contributed by atoms with Crippen molar-refractivity contribution in [3.63, 3.8) is 0 Å². The molecule has 4 rings (SSSR count). The molecular formula is C27H32N4O4. The number of amides is 2. The highest BCUT2D eigenvalue weighted by molar-refractivity contribution is 5.91. The van der Waals surface area contributed by atoms with E-state index in [1.54, 1.807) is 36.4 Å². The molecule has 8 nitrogen and oxygen atoms in total. The molecule has 0 radical (unpaired) electrons. The van der Waals surface area contributed by atoms with Crippen LogP contribution in [0.15, 0.2) is 53.3 Å². The maximum absolute atomic E-state index is 13.3. The molecule has 2 aromatic carbocycles. The maximum atomic E-state index is 13.3. The summed E-state index contributed by atoms with van der Waals surface area (Å²) >= 11 is 0. The first-order valence-electron chi connectivity index (χ1n) is 12.3. The Morgan fingerprint density at radius 1 is 1.03 bits per heavy atom. The normalized spacial score (nSPS) is 14.0. The molecule has 0 spiro atoms. The Labute approximate surface area is 204 Å². The summed E-state index contributed by atoms with van der Waals surface area (Å²) in [4.78, 5) is 43.0. The first kappa shape index (κ1) is 24.4. The molecule has 8 heteroatoms. The van der Waals surface area contributed by atoms with Crippen LogP contribution in [0.3, 0.4) is 0 Å². The van der Waals surface area contributed by atoms with Crippen LogP contribution in [0.1, 0.15) is 51.1 Å². The molecule has 1 aliphatic rings. The quantitative estimate of drug-likeness (QED) is 0.489. The first-order chi connectivity index (χ1) is 17.0. The van der Waals surface area contributed by atoms with E-state index in [4.69, 9.17) is 4.74 Å². The predicted octanol–water partition coefficient (Wildman–Crippen LogP) is 3.82. The second-order valence-corrected chi connectivity index (χ2v) is 8.85. The number of benzene rings is 2. The second-order valence-electron chi connectivity index (χ2n) is 8.85. The summed E-state index contributed by atoms with van der Waals surface area (Å²) in [6.45, 7) is 2.31. The average Bonchev–Trinajstić information content (AvgIpc) is 2.87. The van der Waals surface area contributed by atoms with E-state index in [2.05, 4.69) is 15.6 Å². The van der Waals surface area contributed by atoms with E-state index < -0.39 is 0 Å². The Morgan fingerprint density at radius 2 is 1.77 bits per heavy atom. The molecular weight excluding hydrogens is 444 g/mol. The largest absolute Gasteiger partial charge is 0.494 e. The Hall–Kier alpha value is -3.68. The molecule has 1 saturated carbocycles. The van der Waals surface area contributed by atoms with Crippen LogP contribution in [0.25, 0.3) is 11.0 Å². The minimum atomic E-state index is -0.351. The first-order valence-corrected chi connectivity index (χ1v) is 12.3. The summed E-state index contributed by atoms with van der Waals surface area (Å²) in [5, 5.41) is 5.91. The lowest BCUT2D eigenvalue weighted by atomic mass is 9.95. The van der Waals surface area contributed by atoms with Gasteiger partial charge in [0.25, 0.3) is 5.56 Å². The van der Waals surface area contributed by atoms with Crippen LogP contribution in [-0.4, -0.2) is 34.0 Å². The molecule has 184 valence electrons. The number of aryl methyl sites for hydroxylation is 1. The van der Waals surface area contributed by atoms with Gasteiger partial charge in [-0.1, -0.05) is 31.4 Å². The van der Waals surface area contributed by atoms with Gasteiger partial charge in [-0.25, -0.2) is 4.98 Å². The number of nitrogens with zero attached hydrogens (tertiary/aromatic N) is 2. The lowest BCUT2D eigenvalue weighted by Gasteiger charge is -2.22. The van der Waals surface area contributed by atoms with Gasteiger partial charge in [0.05, 0.1) is 17.6 Å². The van der Waals surface area contributed by atoms with E-state index in [1.807, 2.05) is 19.1 Å². The van der Waals surface area contributed by atoms with Crippen LogP contribution in [-0.2, 0) is 22.6 Å². The monoisotopic (exact) mass is 476 g/mol. The molecule has 0 atom stereocenters. The average molecular weight is 477 g/mol. The van der Waals surface area contributed by atoms with Gasteiger partial charge in [0.2, 0.25) is 11.8 Å². The van der Waals surface area contributed by atoms with E-state index in [-0.39, 0.29) is 48.5 Å². The van der Waals surface area contributed by atoms with Crippen molar-refractivity contribution in [2.75, 3.05) is 11.9 Å². The molecule has 2 N–H and O–H groups in total. The molecule has 2 amide bonds. The van der Waals surface area contributed by atoms with Crippen LogP contribution in [0.5, 0.6) is 5.75 Å². The van der Waals surface area contributed by atoms with Gasteiger partial charge >= 0.3 is 0 Å². The summed E-state index contributed by atoms with van der Waals surface area (Å²) in [6, 6.07) is 14.5. The SMILES string of the molecule is CCOc1ccc(NC(=O)Cn2c(=O)c(CCC(=O)NC3CCCCC3)nc3ccccc32)cc1. The van der Waals surface area contributed by atoms with Gasteiger partial charge in [0.15, 0.2) is 0 Å². The van der Waals surface area contributed by atoms with E-state index in [0.29, 0.717) is 23.3 Å². The number of fused-ring (bicyclic) bond motifs is 1. The molecule has 0 unspecified atom stereocenters. The molecule has 1 heterocycles. The lowest BCUT2D eigenvalue weighted by molar-refractivity contribution is -0.122. The summed E-state index contributed by atoms with van der Waals surface area (Å²) < 4.78 is 6.86. The second kappa shape index (κ2) is 11.6. The third-order valence-electron chi connectivity index (χ3n) is 6.23. The van der Waals surface area contributed by atoms with Gasteiger partial charge in [-0.2, -0.15) is 0 Å². The van der Waals surface area contributed by atoms with Crippen molar-refractivity contribution in [1.29, 1.82) is 0 Å². The fourth-order valence-electron chi connectivity index (χ4n) is 4.49. The van der Waals surface area contributed by atoms with Crippen LogP contribution >= 0.6 is 0 Å². The van der Waals surface area contributed by atoms with Gasteiger partial charge in [-0.15, -0.1) is 0 Å². The van der Waals surface area contributed by atoms with Crippen molar-refractivity contribution in [2.24, 2.45) is 0 Å². The van der Waals surface area contributed by atoms with E-state index >= 15 is 0 Å². The number of hydrogen-bond acceptors (Lipinski definition) is 5. The molecule has 1 aliphatic carbocycles. The number of hydrogen-bond donors (Lipinski definition) is 2. The smallest absolute Gasteiger partial charge is 0.273 e. The minimum absolute atomic E-state index is 0.0638. The molecule has 0 saturated heterocycles. The third-order valence-corrected chi connectivity index (χ3v) is 6.23. The molecule has 35 heavy (non-hydrogen) atoms. The molecule has 1 fully saturated rings. The highest BCUT2D eigenvalue weighted by Crippen LogP contribution is 2.18. The molecule has 0 bridgehead atoms. The number of anilines is 1. The number of carbonyl (C=O) groups excluding carboxylic acids is 2. The molecule has 1 aromatic heterocycles. The number of ether oxygens (including phenoxy) is 1. The minimum Gasteiger partial charge on any atom is -0.494 e. The zero-order valence-electron chi connectivity index (χ0n) is 20.1. The highest BCUT2D eigenvalue weighted by atomic mass is 16.5. The summed E-state index contributed by atoms with van der Waals surface area (Å²) in [5.41, 5.74) is 1.75. The summed E-state index contributed by atoms with van der Waals surface area (Å²) in [6.07, 6.45) is 5.94. The van der Waals surface area contributed by atoms with E-state index in [1.165, 1.54) is 11.0 Å². The van der Waals surface area contributed by atoms with Crippen molar-refractivity contribution in [3.05, 3.63) is 64.6 Å². The fourth-order valence-corrected chi connectivity index (χ4v) is 4.49. The number of para-hydroxylation sites is 2. The highest BCUT2D eigenvalue weighted by Gasteiger charge is 2.18. The van der Waals surface area contributed by atoms with Crippen molar-refractivity contribution < 1.29 is 14.3 Å². The van der Waals surface area contributed by atoms with Crippen LogP contribution in [0.4, 0.5) is 5.69 Å². The summed E-state index contributed by atoms with van der Waals surface area (Å²) in [7, 11) is 0. The van der Waals surface area contributed by atoms with Crippen LogP contribution in [0, 0.1) is 0 Å². The Bertz CT molecular complexity index is 1230. The van der Waals surface area contributed by atoms with E-state index in [9.17, 15) is 14.4 Å². The Balaban J connectivity index is 1.47. The van der Waals surface area contributed by atoms with E-state index in [0.717, 1.165) is 31.4 Å². The van der Waals surface area contributed by atoms with Crippen molar-refractivity contribution in [3.8, 4) is 5.75 Å². The van der Waals surface area contributed by atoms with Crippen molar-refractivity contribution in [2.45, 2.75) is 64.5 Å².